The van der Waals surface area contributed by atoms with Crippen LogP contribution < -0.4 is 15.0 Å². The number of piperazine rings is 1. The highest BCUT2D eigenvalue weighted by Gasteiger charge is 2.21. The van der Waals surface area contributed by atoms with E-state index in [1.54, 1.807) is 19.4 Å². The standard InChI is InChI=1S/C20H26FN5O/c1-3-22-20(24-15-16-8-9-19(27-2)23-14-16)26-12-10-25(11-13-26)18-7-5-4-6-17(18)21/h4-9,14H,3,10-13,15H2,1-2H3,(H,22,24). The van der Waals surface area contributed by atoms with Crippen molar-refractivity contribution in [3.8, 4) is 5.88 Å². The van der Waals surface area contributed by atoms with Crippen LogP contribution in [0, 0.1) is 5.82 Å². The largest absolute Gasteiger partial charge is 0.481 e. The molecule has 0 amide bonds. The van der Waals surface area contributed by atoms with E-state index in [9.17, 15) is 4.39 Å². The van der Waals surface area contributed by atoms with Gasteiger partial charge < -0.3 is 19.9 Å². The van der Waals surface area contributed by atoms with Gasteiger partial charge in [0.15, 0.2) is 5.96 Å². The van der Waals surface area contributed by atoms with Gasteiger partial charge in [0.2, 0.25) is 5.88 Å². The molecule has 3 rings (SSSR count). The summed E-state index contributed by atoms with van der Waals surface area (Å²) in [7, 11) is 1.60. The summed E-state index contributed by atoms with van der Waals surface area (Å²) in [6, 6.07) is 10.7. The Hall–Kier alpha value is -2.83. The molecule has 0 bridgehead atoms. The second-order valence-electron chi connectivity index (χ2n) is 6.30. The summed E-state index contributed by atoms with van der Waals surface area (Å²) in [5, 5.41) is 3.35. The number of methoxy groups -OCH3 is 1. The Morgan fingerprint density at radius 1 is 1.19 bits per heavy atom. The molecule has 1 aliphatic rings. The molecule has 1 fully saturated rings. The molecule has 1 N–H and O–H groups in total. The summed E-state index contributed by atoms with van der Waals surface area (Å²) in [6.07, 6.45) is 1.78. The predicted molar refractivity (Wildman–Crippen MR) is 106 cm³/mol. The lowest BCUT2D eigenvalue weighted by Gasteiger charge is -2.37. The van der Waals surface area contributed by atoms with E-state index in [1.165, 1.54) is 6.07 Å². The lowest BCUT2D eigenvalue weighted by molar-refractivity contribution is 0.370. The number of ether oxygens (including phenoxy) is 1. The normalized spacial score (nSPS) is 15.0. The highest BCUT2D eigenvalue weighted by Crippen LogP contribution is 2.20. The molecule has 2 heterocycles. The third-order valence-corrected chi connectivity index (χ3v) is 4.53. The molecule has 1 saturated heterocycles. The molecule has 0 radical (unpaired) electrons. The van der Waals surface area contributed by atoms with Gasteiger partial charge in [0.25, 0.3) is 0 Å². The molecular weight excluding hydrogens is 345 g/mol. The fraction of sp³-hybridized carbons (Fsp3) is 0.400. The van der Waals surface area contributed by atoms with E-state index in [2.05, 4.69) is 27.0 Å². The number of nitrogens with one attached hydrogen (secondary N) is 1. The number of hydrogen-bond donors (Lipinski definition) is 1. The van der Waals surface area contributed by atoms with Crippen LogP contribution in [0.4, 0.5) is 10.1 Å². The van der Waals surface area contributed by atoms with Crippen molar-refractivity contribution in [2.75, 3.05) is 44.7 Å². The van der Waals surface area contributed by atoms with Gasteiger partial charge in [-0.2, -0.15) is 0 Å². The van der Waals surface area contributed by atoms with Crippen LogP contribution in [0.15, 0.2) is 47.6 Å². The number of benzene rings is 1. The van der Waals surface area contributed by atoms with Crippen molar-refractivity contribution in [2.45, 2.75) is 13.5 Å². The van der Waals surface area contributed by atoms with E-state index in [1.807, 2.05) is 24.3 Å². The number of hydrogen-bond acceptors (Lipinski definition) is 4. The van der Waals surface area contributed by atoms with Crippen LogP contribution in [0.25, 0.3) is 0 Å². The first-order valence-electron chi connectivity index (χ1n) is 9.23. The van der Waals surface area contributed by atoms with E-state index in [0.29, 0.717) is 18.1 Å². The molecule has 27 heavy (non-hydrogen) atoms. The number of halogens is 1. The van der Waals surface area contributed by atoms with Gasteiger partial charge in [0.05, 0.1) is 19.3 Å². The molecule has 0 unspecified atom stereocenters. The van der Waals surface area contributed by atoms with Crippen LogP contribution in [0.2, 0.25) is 0 Å². The summed E-state index contributed by atoms with van der Waals surface area (Å²) in [5.41, 5.74) is 1.69. The summed E-state index contributed by atoms with van der Waals surface area (Å²) in [4.78, 5) is 13.3. The number of anilines is 1. The second-order valence-corrected chi connectivity index (χ2v) is 6.30. The second kappa shape index (κ2) is 9.21. The first kappa shape index (κ1) is 18.9. The summed E-state index contributed by atoms with van der Waals surface area (Å²) < 4.78 is 19.1. The molecule has 2 aromatic rings. The quantitative estimate of drug-likeness (QED) is 0.647. The van der Waals surface area contributed by atoms with Gasteiger partial charge in [0, 0.05) is 45.0 Å². The molecule has 1 aromatic heterocycles. The van der Waals surface area contributed by atoms with Gasteiger partial charge in [-0.05, 0) is 24.6 Å². The molecule has 1 aliphatic heterocycles. The Balaban J connectivity index is 1.62. The third-order valence-electron chi connectivity index (χ3n) is 4.53. The number of nitrogens with zero attached hydrogens (tertiary/aromatic N) is 4. The summed E-state index contributed by atoms with van der Waals surface area (Å²) in [5.74, 6) is 1.30. The zero-order valence-electron chi connectivity index (χ0n) is 15.9. The third kappa shape index (κ3) is 4.87. The van der Waals surface area contributed by atoms with Crippen LogP contribution in [-0.4, -0.2) is 55.7 Å². The minimum Gasteiger partial charge on any atom is -0.481 e. The van der Waals surface area contributed by atoms with Gasteiger partial charge in [-0.25, -0.2) is 14.4 Å². The maximum absolute atomic E-state index is 14.0. The molecular formula is C20H26FN5O. The monoisotopic (exact) mass is 371 g/mol. The Morgan fingerprint density at radius 2 is 1.96 bits per heavy atom. The Bertz CT molecular complexity index is 757. The van der Waals surface area contributed by atoms with Crippen molar-refractivity contribution in [1.82, 2.24) is 15.2 Å². The molecule has 0 saturated carbocycles. The van der Waals surface area contributed by atoms with E-state index in [4.69, 9.17) is 9.73 Å². The first-order chi connectivity index (χ1) is 13.2. The number of para-hydroxylation sites is 1. The molecule has 1 aromatic carbocycles. The number of aromatic nitrogens is 1. The van der Waals surface area contributed by atoms with E-state index in [-0.39, 0.29) is 5.82 Å². The lowest BCUT2D eigenvalue weighted by atomic mass is 10.2. The van der Waals surface area contributed by atoms with Crippen molar-refractivity contribution in [3.63, 3.8) is 0 Å². The molecule has 0 spiro atoms. The van der Waals surface area contributed by atoms with E-state index in [0.717, 1.165) is 44.2 Å². The van der Waals surface area contributed by atoms with Gasteiger partial charge in [-0.3, -0.25) is 0 Å². The zero-order chi connectivity index (χ0) is 19.1. The highest BCUT2D eigenvalue weighted by molar-refractivity contribution is 5.80. The molecule has 0 aliphatic carbocycles. The number of rotatable bonds is 5. The Morgan fingerprint density at radius 3 is 2.59 bits per heavy atom. The fourth-order valence-electron chi connectivity index (χ4n) is 3.08. The SMILES string of the molecule is CCNC(=NCc1ccc(OC)nc1)N1CCN(c2ccccc2F)CC1. The Kier molecular flexibility index (Phi) is 6.46. The van der Waals surface area contributed by atoms with Crippen LogP contribution in [0.1, 0.15) is 12.5 Å². The maximum Gasteiger partial charge on any atom is 0.212 e. The minimum atomic E-state index is -0.168. The van der Waals surface area contributed by atoms with Crippen molar-refractivity contribution in [1.29, 1.82) is 0 Å². The molecule has 144 valence electrons. The van der Waals surface area contributed by atoms with Crippen LogP contribution in [-0.2, 0) is 6.54 Å². The molecule has 0 atom stereocenters. The average molecular weight is 371 g/mol. The molecule has 6 nitrogen and oxygen atoms in total. The van der Waals surface area contributed by atoms with Gasteiger partial charge in [0.1, 0.15) is 5.82 Å². The van der Waals surface area contributed by atoms with Crippen molar-refractivity contribution >= 4 is 11.6 Å². The smallest absolute Gasteiger partial charge is 0.212 e. The van der Waals surface area contributed by atoms with Crippen molar-refractivity contribution in [2.24, 2.45) is 4.99 Å². The zero-order valence-corrected chi connectivity index (χ0v) is 15.9. The topological polar surface area (TPSA) is 53.0 Å². The number of guanidine groups is 1. The highest BCUT2D eigenvalue weighted by atomic mass is 19.1. The van der Waals surface area contributed by atoms with Crippen molar-refractivity contribution in [3.05, 3.63) is 54.0 Å². The number of aliphatic imine (C=N–C) groups is 1. The van der Waals surface area contributed by atoms with Gasteiger partial charge >= 0.3 is 0 Å². The summed E-state index contributed by atoms with van der Waals surface area (Å²) in [6.45, 7) is 6.51. The van der Waals surface area contributed by atoms with Crippen molar-refractivity contribution < 1.29 is 9.13 Å². The first-order valence-corrected chi connectivity index (χ1v) is 9.23. The average Bonchev–Trinajstić information content (AvgIpc) is 2.72. The van der Waals surface area contributed by atoms with E-state index < -0.39 is 0 Å². The van der Waals surface area contributed by atoms with Crippen LogP contribution in [0.5, 0.6) is 5.88 Å². The number of pyridine rings is 1. The maximum atomic E-state index is 14.0. The fourth-order valence-corrected chi connectivity index (χ4v) is 3.08. The molecule has 7 heteroatoms. The van der Waals surface area contributed by atoms with Gasteiger partial charge in [-0.15, -0.1) is 0 Å². The minimum absolute atomic E-state index is 0.168. The Labute approximate surface area is 159 Å². The van der Waals surface area contributed by atoms with Gasteiger partial charge in [-0.1, -0.05) is 18.2 Å². The summed E-state index contributed by atoms with van der Waals surface area (Å²) >= 11 is 0. The predicted octanol–water partition coefficient (Wildman–Crippen LogP) is 2.52. The lowest BCUT2D eigenvalue weighted by Crippen LogP contribution is -2.52. The van der Waals surface area contributed by atoms with E-state index >= 15 is 0 Å². The van der Waals surface area contributed by atoms with Crippen LogP contribution >= 0.6 is 0 Å². The van der Waals surface area contributed by atoms with Crippen LogP contribution in [0.3, 0.4) is 0 Å².